The van der Waals surface area contributed by atoms with Crippen LogP contribution in [0.5, 0.6) is 11.5 Å². The second-order valence-electron chi connectivity index (χ2n) is 8.13. The first kappa shape index (κ1) is 25.5. The third-order valence-electron chi connectivity index (χ3n) is 5.49. The van der Waals surface area contributed by atoms with E-state index < -0.39 is 5.97 Å². The Morgan fingerprint density at radius 3 is 2.43 bits per heavy atom. The Morgan fingerprint density at radius 1 is 1.00 bits per heavy atom. The number of aryl methyl sites for hydroxylation is 1. The van der Waals surface area contributed by atoms with Crippen LogP contribution in [0, 0.1) is 6.92 Å². The SMILES string of the molecule is COc1cc(CONC(=CCC(=O)O)c2ccccc2)ccc1OCc1nc(-c2ccccc2)oc1C. The van der Waals surface area contributed by atoms with Crippen molar-refractivity contribution < 1.29 is 28.6 Å². The number of rotatable bonds is 12. The minimum Gasteiger partial charge on any atom is -0.493 e. The molecule has 37 heavy (non-hydrogen) atoms. The molecule has 0 amide bonds. The van der Waals surface area contributed by atoms with E-state index in [-0.39, 0.29) is 19.6 Å². The Balaban J connectivity index is 1.38. The molecule has 1 aromatic heterocycles. The average Bonchev–Trinajstić information content (AvgIpc) is 3.30. The Kier molecular flexibility index (Phi) is 8.57. The Labute approximate surface area is 215 Å². The number of benzene rings is 3. The van der Waals surface area contributed by atoms with Crippen LogP contribution < -0.4 is 15.0 Å². The lowest BCUT2D eigenvalue weighted by Gasteiger charge is -2.14. The molecule has 0 atom stereocenters. The standard InChI is InChI=1S/C29H28N2O6/c1-20-25(30-29(37-20)23-11-7-4-8-12-23)19-35-26-15-13-21(17-27(26)34-2)18-36-31-24(14-16-28(32)33)22-9-5-3-6-10-22/h3-15,17,31H,16,18-19H2,1-2H3,(H,32,33). The van der Waals surface area contributed by atoms with Gasteiger partial charge in [-0.15, -0.1) is 0 Å². The van der Waals surface area contributed by atoms with Gasteiger partial charge in [-0.05, 0) is 48.4 Å². The molecule has 1 heterocycles. The molecule has 2 N–H and O–H groups in total. The van der Waals surface area contributed by atoms with Crippen LogP contribution >= 0.6 is 0 Å². The molecule has 0 spiro atoms. The Morgan fingerprint density at radius 2 is 1.73 bits per heavy atom. The number of oxazole rings is 1. The van der Waals surface area contributed by atoms with Gasteiger partial charge in [0.15, 0.2) is 11.5 Å². The van der Waals surface area contributed by atoms with Gasteiger partial charge < -0.3 is 19.0 Å². The van der Waals surface area contributed by atoms with Gasteiger partial charge in [-0.3, -0.25) is 15.1 Å². The number of hydrogen-bond acceptors (Lipinski definition) is 7. The van der Waals surface area contributed by atoms with Gasteiger partial charge in [0.1, 0.15) is 18.1 Å². The van der Waals surface area contributed by atoms with Gasteiger partial charge >= 0.3 is 5.97 Å². The number of ether oxygens (including phenoxy) is 2. The van der Waals surface area contributed by atoms with Crippen molar-refractivity contribution >= 4 is 11.7 Å². The van der Waals surface area contributed by atoms with E-state index in [1.807, 2.05) is 85.8 Å². The van der Waals surface area contributed by atoms with Gasteiger partial charge in [-0.1, -0.05) is 54.6 Å². The first-order valence-corrected chi connectivity index (χ1v) is 11.7. The normalized spacial score (nSPS) is 11.2. The monoisotopic (exact) mass is 500 g/mol. The minimum absolute atomic E-state index is 0.127. The topological polar surface area (TPSA) is 103 Å². The van der Waals surface area contributed by atoms with Crippen molar-refractivity contribution in [3.8, 4) is 23.0 Å². The van der Waals surface area contributed by atoms with Crippen molar-refractivity contribution in [3.05, 3.63) is 108 Å². The summed E-state index contributed by atoms with van der Waals surface area (Å²) in [6.45, 7) is 2.30. The third-order valence-corrected chi connectivity index (χ3v) is 5.49. The van der Waals surface area contributed by atoms with Crippen LogP contribution in [0.15, 0.2) is 89.4 Å². The molecule has 0 aliphatic rings. The number of nitrogens with one attached hydrogen (secondary N) is 1. The van der Waals surface area contributed by atoms with Crippen molar-refractivity contribution in [2.24, 2.45) is 0 Å². The predicted octanol–water partition coefficient (Wildman–Crippen LogP) is 5.77. The van der Waals surface area contributed by atoms with Crippen molar-refractivity contribution in [1.29, 1.82) is 0 Å². The number of carboxylic acid groups (broad SMARTS) is 1. The predicted molar refractivity (Wildman–Crippen MR) is 139 cm³/mol. The number of hydroxylamine groups is 1. The van der Waals surface area contributed by atoms with E-state index in [0.29, 0.717) is 34.5 Å². The van der Waals surface area contributed by atoms with Crippen LogP contribution in [-0.2, 0) is 22.8 Å². The Hall–Kier alpha value is -4.56. The maximum atomic E-state index is 11.0. The van der Waals surface area contributed by atoms with Crippen molar-refractivity contribution in [3.63, 3.8) is 0 Å². The summed E-state index contributed by atoms with van der Waals surface area (Å²) in [6, 6.07) is 24.6. The highest BCUT2D eigenvalue weighted by atomic mass is 16.6. The van der Waals surface area contributed by atoms with E-state index in [4.69, 9.17) is 23.8 Å². The second kappa shape index (κ2) is 12.4. The number of methoxy groups -OCH3 is 1. The molecule has 0 bridgehead atoms. The maximum absolute atomic E-state index is 11.0. The van der Waals surface area contributed by atoms with Gasteiger partial charge in [0, 0.05) is 5.56 Å². The quantitative estimate of drug-likeness (QED) is 0.236. The van der Waals surface area contributed by atoms with E-state index in [2.05, 4.69) is 10.5 Å². The van der Waals surface area contributed by atoms with Crippen molar-refractivity contribution in [2.75, 3.05) is 7.11 Å². The summed E-state index contributed by atoms with van der Waals surface area (Å²) >= 11 is 0. The summed E-state index contributed by atoms with van der Waals surface area (Å²) in [7, 11) is 1.57. The van der Waals surface area contributed by atoms with Gasteiger partial charge in [-0.2, -0.15) is 0 Å². The number of aromatic nitrogens is 1. The van der Waals surface area contributed by atoms with Crippen LogP contribution in [-0.4, -0.2) is 23.2 Å². The second-order valence-corrected chi connectivity index (χ2v) is 8.13. The van der Waals surface area contributed by atoms with Crippen molar-refractivity contribution in [1.82, 2.24) is 10.5 Å². The van der Waals surface area contributed by atoms with E-state index in [0.717, 1.165) is 16.7 Å². The van der Waals surface area contributed by atoms with Gasteiger partial charge in [-0.25, -0.2) is 4.98 Å². The fourth-order valence-corrected chi connectivity index (χ4v) is 3.56. The fraction of sp³-hybridized carbons (Fsp3) is 0.172. The van der Waals surface area contributed by atoms with E-state index in [9.17, 15) is 4.79 Å². The zero-order valence-corrected chi connectivity index (χ0v) is 20.6. The average molecular weight is 501 g/mol. The lowest BCUT2D eigenvalue weighted by molar-refractivity contribution is -0.136. The van der Waals surface area contributed by atoms with Crippen LogP contribution in [0.3, 0.4) is 0 Å². The molecule has 0 fully saturated rings. The van der Waals surface area contributed by atoms with Gasteiger partial charge in [0.05, 0.1) is 25.8 Å². The highest BCUT2D eigenvalue weighted by molar-refractivity contribution is 5.73. The highest BCUT2D eigenvalue weighted by Gasteiger charge is 2.14. The Bertz CT molecular complexity index is 1350. The number of aliphatic carboxylic acids is 1. The zero-order chi connectivity index (χ0) is 26.0. The molecule has 8 nitrogen and oxygen atoms in total. The first-order valence-electron chi connectivity index (χ1n) is 11.7. The molecular weight excluding hydrogens is 472 g/mol. The smallest absolute Gasteiger partial charge is 0.307 e. The molecule has 0 aliphatic carbocycles. The van der Waals surface area contributed by atoms with Crippen LogP contribution in [0.4, 0.5) is 0 Å². The summed E-state index contributed by atoms with van der Waals surface area (Å²) in [5.74, 6) is 1.44. The van der Waals surface area contributed by atoms with E-state index in [1.54, 1.807) is 13.2 Å². The lowest BCUT2D eigenvalue weighted by Crippen LogP contribution is -2.14. The van der Waals surface area contributed by atoms with Crippen LogP contribution in [0.25, 0.3) is 17.2 Å². The molecule has 8 heteroatoms. The molecule has 0 saturated heterocycles. The lowest BCUT2D eigenvalue weighted by atomic mass is 10.1. The number of nitrogens with zero attached hydrogens (tertiary/aromatic N) is 1. The van der Waals surface area contributed by atoms with Crippen LogP contribution in [0.2, 0.25) is 0 Å². The third kappa shape index (κ3) is 6.99. The van der Waals surface area contributed by atoms with Crippen molar-refractivity contribution in [2.45, 2.75) is 26.6 Å². The fourth-order valence-electron chi connectivity index (χ4n) is 3.56. The number of carboxylic acids is 1. The molecular formula is C29H28N2O6. The summed E-state index contributed by atoms with van der Waals surface area (Å²) in [5, 5.41) is 9.03. The first-order chi connectivity index (χ1) is 18.0. The van der Waals surface area contributed by atoms with E-state index >= 15 is 0 Å². The van der Waals surface area contributed by atoms with Crippen LogP contribution in [0.1, 0.15) is 29.0 Å². The van der Waals surface area contributed by atoms with E-state index in [1.165, 1.54) is 0 Å². The molecule has 4 rings (SSSR count). The zero-order valence-electron chi connectivity index (χ0n) is 20.6. The molecule has 3 aromatic carbocycles. The molecule has 0 radical (unpaired) electrons. The largest absolute Gasteiger partial charge is 0.493 e. The molecule has 190 valence electrons. The minimum atomic E-state index is -0.923. The molecule has 4 aromatic rings. The summed E-state index contributed by atoms with van der Waals surface area (Å²) in [4.78, 5) is 21.3. The summed E-state index contributed by atoms with van der Waals surface area (Å²) in [6.07, 6.45) is 1.45. The summed E-state index contributed by atoms with van der Waals surface area (Å²) < 4.78 is 17.3. The molecule has 0 saturated carbocycles. The number of carbonyl (C=O) groups is 1. The number of hydrogen-bond donors (Lipinski definition) is 2. The van der Waals surface area contributed by atoms with Gasteiger partial charge in [0.25, 0.3) is 0 Å². The highest BCUT2D eigenvalue weighted by Crippen LogP contribution is 2.30. The summed E-state index contributed by atoms with van der Waals surface area (Å²) in [5.41, 5.74) is 6.72. The molecule has 0 aliphatic heterocycles. The van der Waals surface area contributed by atoms with Gasteiger partial charge in [0.2, 0.25) is 5.89 Å². The molecule has 0 unspecified atom stereocenters. The maximum Gasteiger partial charge on any atom is 0.307 e.